The average Bonchev–Trinajstić information content (AvgIpc) is 2.87. The van der Waals surface area contributed by atoms with Crippen LogP contribution in [0.3, 0.4) is 0 Å². The van der Waals surface area contributed by atoms with E-state index in [2.05, 4.69) is 17.2 Å². The van der Waals surface area contributed by atoms with Gasteiger partial charge >= 0.3 is 0 Å². The molecule has 0 radical (unpaired) electrons. The highest BCUT2D eigenvalue weighted by molar-refractivity contribution is 7.11. The topological polar surface area (TPSA) is 45.2 Å². The molecule has 0 saturated carbocycles. The Hall–Kier alpha value is -1.23. The Morgan fingerprint density at radius 1 is 1.33 bits per heavy atom. The van der Waals surface area contributed by atoms with Crippen LogP contribution in [0.15, 0.2) is 36.5 Å². The van der Waals surface area contributed by atoms with E-state index in [4.69, 9.17) is 0 Å². The number of benzene rings is 1. The van der Waals surface area contributed by atoms with E-state index in [1.54, 1.807) is 11.3 Å². The maximum Gasteiger partial charge on any atom is 0.0925 e. The molecule has 3 nitrogen and oxygen atoms in total. The molecule has 0 amide bonds. The minimum atomic E-state index is -0.454. The lowest BCUT2D eigenvalue weighted by molar-refractivity contribution is 0.174. The number of aliphatic hydroxyl groups is 1. The van der Waals surface area contributed by atoms with Crippen molar-refractivity contribution in [2.45, 2.75) is 26.0 Å². The second-order valence-electron chi connectivity index (χ2n) is 4.13. The van der Waals surface area contributed by atoms with E-state index in [1.807, 2.05) is 36.5 Å². The average molecular weight is 262 g/mol. The van der Waals surface area contributed by atoms with Gasteiger partial charge in [0.2, 0.25) is 0 Å². The van der Waals surface area contributed by atoms with Crippen molar-refractivity contribution < 1.29 is 5.11 Å². The quantitative estimate of drug-likeness (QED) is 0.841. The molecule has 4 heteroatoms. The van der Waals surface area contributed by atoms with Crippen molar-refractivity contribution in [3.8, 4) is 0 Å². The lowest BCUT2D eigenvalue weighted by Crippen LogP contribution is -2.20. The summed E-state index contributed by atoms with van der Waals surface area (Å²) in [4.78, 5) is 5.52. The molecule has 0 aliphatic heterocycles. The first-order chi connectivity index (χ1) is 8.79. The summed E-state index contributed by atoms with van der Waals surface area (Å²) in [5.74, 6) is 0. The monoisotopic (exact) mass is 262 g/mol. The molecule has 1 aromatic heterocycles. The summed E-state index contributed by atoms with van der Waals surface area (Å²) in [6.45, 7) is 3.43. The third-order valence-corrected chi connectivity index (χ3v) is 3.87. The van der Waals surface area contributed by atoms with Gasteiger partial charge < -0.3 is 10.4 Å². The fourth-order valence-electron chi connectivity index (χ4n) is 1.72. The molecule has 0 fully saturated rings. The molecule has 0 bridgehead atoms. The van der Waals surface area contributed by atoms with Crippen molar-refractivity contribution in [2.75, 3.05) is 6.54 Å². The van der Waals surface area contributed by atoms with Gasteiger partial charge in [-0.2, -0.15) is 0 Å². The highest BCUT2D eigenvalue weighted by atomic mass is 32.1. The SMILES string of the molecule is CCc1ncc(CNCC(O)c2ccccc2)s1. The number of rotatable bonds is 6. The molecule has 0 aliphatic carbocycles. The summed E-state index contributed by atoms with van der Waals surface area (Å²) in [6.07, 6.45) is 2.44. The maximum absolute atomic E-state index is 9.98. The van der Waals surface area contributed by atoms with E-state index < -0.39 is 6.10 Å². The summed E-state index contributed by atoms with van der Waals surface area (Å²) in [6, 6.07) is 9.71. The number of aromatic nitrogens is 1. The van der Waals surface area contributed by atoms with Crippen LogP contribution in [0.2, 0.25) is 0 Å². The molecule has 2 N–H and O–H groups in total. The first kappa shape index (κ1) is 13.2. The predicted octanol–water partition coefficient (Wildman–Crippen LogP) is 2.53. The van der Waals surface area contributed by atoms with Crippen LogP contribution in [0.4, 0.5) is 0 Å². The molecule has 0 saturated heterocycles. The molecule has 1 heterocycles. The Morgan fingerprint density at radius 2 is 2.11 bits per heavy atom. The molecular formula is C14H18N2OS. The normalized spacial score (nSPS) is 12.6. The van der Waals surface area contributed by atoms with Crippen LogP contribution in [0.25, 0.3) is 0 Å². The number of hydrogen-bond donors (Lipinski definition) is 2. The van der Waals surface area contributed by atoms with Crippen molar-refractivity contribution >= 4 is 11.3 Å². The van der Waals surface area contributed by atoms with E-state index in [-0.39, 0.29) is 0 Å². The number of hydrogen-bond acceptors (Lipinski definition) is 4. The maximum atomic E-state index is 9.98. The van der Waals surface area contributed by atoms with Crippen molar-refractivity contribution in [2.24, 2.45) is 0 Å². The van der Waals surface area contributed by atoms with Gasteiger partial charge in [-0.25, -0.2) is 4.98 Å². The van der Waals surface area contributed by atoms with Gasteiger partial charge in [-0.3, -0.25) is 0 Å². The van der Waals surface area contributed by atoms with Crippen LogP contribution in [0, 0.1) is 0 Å². The summed E-state index contributed by atoms with van der Waals surface area (Å²) < 4.78 is 0. The van der Waals surface area contributed by atoms with Crippen LogP contribution in [-0.4, -0.2) is 16.6 Å². The third-order valence-electron chi connectivity index (χ3n) is 2.73. The molecule has 2 rings (SSSR count). The number of aryl methyl sites for hydroxylation is 1. The predicted molar refractivity (Wildman–Crippen MR) is 74.6 cm³/mol. The zero-order valence-electron chi connectivity index (χ0n) is 10.5. The van der Waals surface area contributed by atoms with Crippen molar-refractivity contribution in [3.63, 3.8) is 0 Å². The highest BCUT2D eigenvalue weighted by Gasteiger charge is 2.06. The van der Waals surface area contributed by atoms with Crippen LogP contribution < -0.4 is 5.32 Å². The smallest absolute Gasteiger partial charge is 0.0925 e. The fourth-order valence-corrected chi connectivity index (χ4v) is 2.55. The molecule has 18 heavy (non-hydrogen) atoms. The molecule has 0 aliphatic rings. The van der Waals surface area contributed by atoms with E-state index in [9.17, 15) is 5.11 Å². The zero-order chi connectivity index (χ0) is 12.8. The minimum absolute atomic E-state index is 0.454. The van der Waals surface area contributed by atoms with E-state index in [0.717, 1.165) is 23.5 Å². The van der Waals surface area contributed by atoms with E-state index in [0.29, 0.717) is 6.54 Å². The van der Waals surface area contributed by atoms with Crippen LogP contribution in [0.5, 0.6) is 0 Å². The molecule has 1 aromatic carbocycles. The Balaban J connectivity index is 1.78. The zero-order valence-corrected chi connectivity index (χ0v) is 11.3. The first-order valence-corrected chi connectivity index (χ1v) is 6.98. The van der Waals surface area contributed by atoms with Gasteiger partial charge in [0.1, 0.15) is 0 Å². The summed E-state index contributed by atoms with van der Waals surface area (Å²) in [7, 11) is 0. The first-order valence-electron chi connectivity index (χ1n) is 6.17. The lowest BCUT2D eigenvalue weighted by Gasteiger charge is -2.11. The van der Waals surface area contributed by atoms with Gasteiger partial charge in [0, 0.05) is 24.2 Å². The van der Waals surface area contributed by atoms with Gasteiger partial charge in [-0.15, -0.1) is 11.3 Å². The summed E-state index contributed by atoms with van der Waals surface area (Å²) >= 11 is 1.73. The Bertz CT molecular complexity index is 470. The van der Waals surface area contributed by atoms with Crippen LogP contribution >= 0.6 is 11.3 Å². The second-order valence-corrected chi connectivity index (χ2v) is 5.33. The van der Waals surface area contributed by atoms with Crippen molar-refractivity contribution in [3.05, 3.63) is 52.0 Å². The van der Waals surface area contributed by atoms with Gasteiger partial charge in [0.15, 0.2) is 0 Å². The van der Waals surface area contributed by atoms with Gasteiger partial charge in [-0.1, -0.05) is 37.3 Å². The second kappa shape index (κ2) is 6.64. The van der Waals surface area contributed by atoms with Gasteiger partial charge in [-0.05, 0) is 12.0 Å². The largest absolute Gasteiger partial charge is 0.387 e. The summed E-state index contributed by atoms with van der Waals surface area (Å²) in [5.41, 5.74) is 0.948. The van der Waals surface area contributed by atoms with E-state index >= 15 is 0 Å². The molecule has 0 spiro atoms. The standard InChI is InChI=1S/C14H18N2OS/c1-2-14-16-9-12(18-14)8-15-10-13(17)11-6-4-3-5-7-11/h3-7,9,13,15,17H,2,8,10H2,1H3. The molecule has 1 atom stereocenters. The van der Waals surface area contributed by atoms with Gasteiger partial charge in [0.05, 0.1) is 11.1 Å². The third kappa shape index (κ3) is 3.63. The van der Waals surface area contributed by atoms with Crippen LogP contribution in [0.1, 0.15) is 28.5 Å². The lowest BCUT2D eigenvalue weighted by atomic mass is 10.1. The minimum Gasteiger partial charge on any atom is -0.387 e. The van der Waals surface area contributed by atoms with E-state index in [1.165, 1.54) is 4.88 Å². The van der Waals surface area contributed by atoms with Crippen molar-refractivity contribution in [1.82, 2.24) is 10.3 Å². The molecular weight excluding hydrogens is 244 g/mol. The number of aliphatic hydroxyl groups excluding tert-OH is 1. The van der Waals surface area contributed by atoms with Crippen LogP contribution in [-0.2, 0) is 13.0 Å². The molecule has 96 valence electrons. The Morgan fingerprint density at radius 3 is 2.78 bits per heavy atom. The van der Waals surface area contributed by atoms with Gasteiger partial charge in [0.25, 0.3) is 0 Å². The Labute approximate surface area is 112 Å². The van der Waals surface area contributed by atoms with Crippen molar-refractivity contribution in [1.29, 1.82) is 0 Å². The molecule has 2 aromatic rings. The number of nitrogens with one attached hydrogen (secondary N) is 1. The fraction of sp³-hybridized carbons (Fsp3) is 0.357. The summed E-state index contributed by atoms with van der Waals surface area (Å²) in [5, 5.41) is 14.4. The molecule has 1 unspecified atom stereocenters. The highest BCUT2D eigenvalue weighted by Crippen LogP contribution is 2.14. The Kier molecular flexibility index (Phi) is 4.87. The number of thiazole rings is 1. The number of nitrogens with zero attached hydrogens (tertiary/aromatic N) is 1.